The lowest BCUT2D eigenvalue weighted by Crippen LogP contribution is -2.26. The fourth-order valence-electron chi connectivity index (χ4n) is 3.86. The number of aromatic amines is 1. The number of aromatic nitrogens is 5. The maximum Gasteiger partial charge on any atom is 0.264 e. The number of nitrogens with one attached hydrogen (secondary N) is 1. The Hall–Kier alpha value is -2.81. The monoisotopic (exact) mass is 458 g/mol. The fraction of sp³-hybridized carbons (Fsp3) is 0.250. The van der Waals surface area contributed by atoms with Crippen LogP contribution >= 0.6 is 15.9 Å². The van der Waals surface area contributed by atoms with Crippen molar-refractivity contribution < 1.29 is 8.78 Å². The third kappa shape index (κ3) is 3.09. The number of rotatable bonds is 3. The Morgan fingerprint density at radius 2 is 2.10 bits per heavy atom. The largest absolute Gasteiger partial charge is 0.344 e. The predicted octanol–water partition coefficient (Wildman–Crippen LogP) is 5.14. The van der Waals surface area contributed by atoms with Crippen molar-refractivity contribution in [2.45, 2.75) is 19.3 Å². The van der Waals surface area contributed by atoms with E-state index in [2.05, 4.69) is 31.0 Å². The summed E-state index contributed by atoms with van der Waals surface area (Å²) in [7, 11) is 1.78. The molecule has 0 bridgehead atoms. The standard InChI is InChI=1S/C20H17BrF2N6/c1-28-10-12(7-26-28)13-5-11-3-2-4-29(16(11)6-14(13)19(22)23)17-9-25-20-18(27-17)15(21)8-24-20/h5-10,19H,2-4H2,1H3,(H,24,25). The first-order valence-corrected chi connectivity index (χ1v) is 10.0. The Bertz CT molecular complexity index is 1220. The molecular weight excluding hydrogens is 442 g/mol. The van der Waals surface area contributed by atoms with E-state index in [1.807, 2.05) is 11.0 Å². The van der Waals surface area contributed by atoms with Gasteiger partial charge in [-0.15, -0.1) is 0 Å². The van der Waals surface area contributed by atoms with Gasteiger partial charge in [-0.05, 0) is 52.0 Å². The van der Waals surface area contributed by atoms with Crippen LogP contribution in [0.2, 0.25) is 0 Å². The summed E-state index contributed by atoms with van der Waals surface area (Å²) in [6, 6.07) is 3.47. The van der Waals surface area contributed by atoms with Crippen LogP contribution in [-0.4, -0.2) is 31.3 Å². The highest BCUT2D eigenvalue weighted by Crippen LogP contribution is 2.41. The number of hydrogen-bond donors (Lipinski definition) is 1. The van der Waals surface area contributed by atoms with Crippen molar-refractivity contribution in [2.24, 2.45) is 7.05 Å². The normalized spacial score (nSPS) is 14.0. The van der Waals surface area contributed by atoms with Crippen molar-refractivity contribution in [3.8, 4) is 11.1 Å². The van der Waals surface area contributed by atoms with Crippen molar-refractivity contribution in [2.75, 3.05) is 11.4 Å². The van der Waals surface area contributed by atoms with Gasteiger partial charge in [-0.1, -0.05) is 0 Å². The molecule has 1 aromatic carbocycles. The topological polar surface area (TPSA) is 62.6 Å². The molecule has 0 spiro atoms. The zero-order chi connectivity index (χ0) is 20.1. The average Bonchev–Trinajstić information content (AvgIpc) is 3.32. The number of alkyl halides is 2. The lowest BCUT2D eigenvalue weighted by Gasteiger charge is -2.31. The summed E-state index contributed by atoms with van der Waals surface area (Å²) in [4.78, 5) is 14.1. The van der Waals surface area contributed by atoms with Gasteiger partial charge in [0.2, 0.25) is 0 Å². The Morgan fingerprint density at radius 3 is 2.86 bits per heavy atom. The van der Waals surface area contributed by atoms with E-state index in [1.54, 1.807) is 42.6 Å². The lowest BCUT2D eigenvalue weighted by atomic mass is 9.93. The van der Waals surface area contributed by atoms with Gasteiger partial charge in [-0.25, -0.2) is 18.7 Å². The van der Waals surface area contributed by atoms with E-state index in [9.17, 15) is 8.78 Å². The second kappa shape index (κ2) is 6.91. The third-order valence-corrected chi connectivity index (χ3v) is 5.82. The van der Waals surface area contributed by atoms with Crippen molar-refractivity contribution >= 4 is 38.6 Å². The van der Waals surface area contributed by atoms with Crippen molar-refractivity contribution in [1.82, 2.24) is 24.7 Å². The minimum atomic E-state index is -2.59. The Balaban J connectivity index is 1.65. The van der Waals surface area contributed by atoms with Crippen LogP contribution in [0, 0.1) is 0 Å². The van der Waals surface area contributed by atoms with E-state index in [0.29, 0.717) is 29.1 Å². The summed E-state index contributed by atoms with van der Waals surface area (Å²) < 4.78 is 30.3. The van der Waals surface area contributed by atoms with E-state index in [-0.39, 0.29) is 5.56 Å². The maximum atomic E-state index is 14.0. The van der Waals surface area contributed by atoms with Gasteiger partial charge in [-0.3, -0.25) is 4.68 Å². The number of H-pyrrole nitrogens is 1. The third-order valence-electron chi connectivity index (χ3n) is 5.22. The van der Waals surface area contributed by atoms with Crippen molar-refractivity contribution in [3.05, 3.63) is 52.5 Å². The van der Waals surface area contributed by atoms with Crippen LogP contribution in [0.3, 0.4) is 0 Å². The van der Waals surface area contributed by atoms with Crippen LogP contribution in [0.1, 0.15) is 24.0 Å². The average molecular weight is 459 g/mol. The lowest BCUT2D eigenvalue weighted by molar-refractivity contribution is 0.152. The summed E-state index contributed by atoms with van der Waals surface area (Å²) in [5, 5.41) is 4.14. The Morgan fingerprint density at radius 1 is 1.24 bits per heavy atom. The van der Waals surface area contributed by atoms with Crippen LogP contribution in [0.5, 0.6) is 0 Å². The first kappa shape index (κ1) is 18.2. The molecule has 5 rings (SSSR count). The van der Waals surface area contributed by atoms with E-state index in [1.165, 1.54) is 0 Å². The summed E-state index contributed by atoms with van der Waals surface area (Å²) in [5.74, 6) is 0.646. The van der Waals surface area contributed by atoms with Crippen LogP contribution < -0.4 is 4.90 Å². The number of hydrogen-bond acceptors (Lipinski definition) is 4. The molecule has 0 radical (unpaired) electrons. The molecule has 29 heavy (non-hydrogen) atoms. The van der Waals surface area contributed by atoms with Crippen LogP contribution in [0.25, 0.3) is 22.3 Å². The molecule has 3 aromatic heterocycles. The van der Waals surface area contributed by atoms with Gasteiger partial charge in [0.25, 0.3) is 6.43 Å². The maximum absolute atomic E-state index is 14.0. The molecule has 1 aliphatic rings. The van der Waals surface area contributed by atoms with Gasteiger partial charge in [0.15, 0.2) is 11.5 Å². The molecule has 0 amide bonds. The smallest absolute Gasteiger partial charge is 0.264 e. The molecule has 6 nitrogen and oxygen atoms in total. The molecule has 0 unspecified atom stereocenters. The highest BCUT2D eigenvalue weighted by Gasteiger charge is 2.25. The number of fused-ring (bicyclic) bond motifs is 2. The summed E-state index contributed by atoms with van der Waals surface area (Å²) in [6.45, 7) is 0.699. The number of aryl methyl sites for hydroxylation is 2. The number of benzene rings is 1. The molecule has 0 atom stereocenters. The number of anilines is 2. The second-order valence-corrected chi connectivity index (χ2v) is 7.94. The quantitative estimate of drug-likeness (QED) is 0.461. The van der Waals surface area contributed by atoms with E-state index in [0.717, 1.165) is 34.1 Å². The van der Waals surface area contributed by atoms with Gasteiger partial charge in [0, 0.05) is 42.8 Å². The zero-order valence-corrected chi connectivity index (χ0v) is 17.1. The SMILES string of the molecule is Cn1cc(-c2cc3c(cc2C(F)F)N(c2cnc4[nH]cc(Br)c4n2)CCC3)cn1. The predicted molar refractivity (Wildman–Crippen MR) is 111 cm³/mol. The zero-order valence-electron chi connectivity index (χ0n) is 15.5. The molecule has 0 fully saturated rings. The van der Waals surface area contributed by atoms with Gasteiger partial charge in [0.1, 0.15) is 5.52 Å². The van der Waals surface area contributed by atoms with Crippen molar-refractivity contribution in [3.63, 3.8) is 0 Å². The number of nitrogens with zero attached hydrogens (tertiary/aromatic N) is 5. The fourth-order valence-corrected chi connectivity index (χ4v) is 4.25. The molecule has 0 aliphatic carbocycles. The Labute approximate surface area is 173 Å². The van der Waals surface area contributed by atoms with Crippen LogP contribution in [-0.2, 0) is 13.5 Å². The van der Waals surface area contributed by atoms with Gasteiger partial charge >= 0.3 is 0 Å². The van der Waals surface area contributed by atoms with Gasteiger partial charge in [-0.2, -0.15) is 5.10 Å². The number of halogens is 3. The van der Waals surface area contributed by atoms with Gasteiger partial charge < -0.3 is 9.88 Å². The van der Waals surface area contributed by atoms with E-state index < -0.39 is 6.43 Å². The molecular formula is C20H17BrF2N6. The molecule has 1 N–H and O–H groups in total. The molecule has 4 heterocycles. The van der Waals surface area contributed by atoms with E-state index >= 15 is 0 Å². The molecule has 0 saturated heterocycles. The highest BCUT2D eigenvalue weighted by molar-refractivity contribution is 9.10. The summed E-state index contributed by atoms with van der Waals surface area (Å²) >= 11 is 3.47. The Kier molecular flexibility index (Phi) is 4.34. The van der Waals surface area contributed by atoms with Crippen LogP contribution in [0.4, 0.5) is 20.3 Å². The second-order valence-electron chi connectivity index (χ2n) is 7.09. The summed E-state index contributed by atoms with van der Waals surface area (Å²) in [6.07, 6.45) is 5.99. The van der Waals surface area contributed by atoms with Gasteiger partial charge in [0.05, 0.1) is 16.9 Å². The minimum Gasteiger partial charge on any atom is -0.344 e. The first-order chi connectivity index (χ1) is 14.0. The first-order valence-electron chi connectivity index (χ1n) is 9.22. The van der Waals surface area contributed by atoms with E-state index in [4.69, 9.17) is 4.98 Å². The minimum absolute atomic E-state index is 0.000474. The summed E-state index contributed by atoms with van der Waals surface area (Å²) in [5.41, 5.74) is 4.41. The van der Waals surface area contributed by atoms with Crippen LogP contribution in [0.15, 0.2) is 41.4 Å². The molecule has 1 aliphatic heterocycles. The molecule has 9 heteroatoms. The van der Waals surface area contributed by atoms with Crippen molar-refractivity contribution in [1.29, 1.82) is 0 Å². The molecule has 4 aromatic rings. The highest BCUT2D eigenvalue weighted by atomic mass is 79.9. The molecule has 0 saturated carbocycles. The molecule has 148 valence electrons.